The van der Waals surface area contributed by atoms with Gasteiger partial charge in [0.05, 0.1) is 0 Å². The molecule has 2 aromatic rings. The predicted octanol–water partition coefficient (Wildman–Crippen LogP) is 5.65. The molecule has 21 heavy (non-hydrogen) atoms. The molecule has 1 heteroatoms. The molecule has 0 bridgehead atoms. The van der Waals surface area contributed by atoms with Crippen molar-refractivity contribution < 1.29 is 26.2 Å². The second-order valence-corrected chi connectivity index (χ2v) is 5.66. The molecule has 106 valence electrons. The van der Waals surface area contributed by atoms with Gasteiger partial charge in [-0.15, -0.1) is 0 Å². The van der Waals surface area contributed by atoms with Crippen molar-refractivity contribution in [3.05, 3.63) is 64.7 Å². The Labute approximate surface area is 147 Å². The SMILES string of the molecule is CCCC1=Cc2c(cccc2-c2ccc(CC)cc2)C1.[Zr]. The summed E-state index contributed by atoms with van der Waals surface area (Å²) in [5.74, 6) is 0. The zero-order valence-corrected chi connectivity index (χ0v) is 15.4. The average Bonchev–Trinajstić information content (AvgIpc) is 2.90. The number of allylic oxidation sites excluding steroid dienone is 1. The summed E-state index contributed by atoms with van der Waals surface area (Å²) in [5, 5.41) is 0. The van der Waals surface area contributed by atoms with Gasteiger partial charge in [0.1, 0.15) is 0 Å². The van der Waals surface area contributed by atoms with E-state index in [4.69, 9.17) is 0 Å². The summed E-state index contributed by atoms with van der Waals surface area (Å²) in [6.45, 7) is 4.46. The van der Waals surface area contributed by atoms with E-state index in [2.05, 4.69) is 62.4 Å². The Balaban J connectivity index is 0.00000161. The van der Waals surface area contributed by atoms with Gasteiger partial charge < -0.3 is 0 Å². The van der Waals surface area contributed by atoms with E-state index in [1.807, 2.05) is 0 Å². The van der Waals surface area contributed by atoms with Crippen molar-refractivity contribution >= 4 is 6.08 Å². The largest absolute Gasteiger partial charge is 0.0652 e. The van der Waals surface area contributed by atoms with Crippen LogP contribution in [-0.4, -0.2) is 0 Å². The molecule has 0 N–H and O–H groups in total. The van der Waals surface area contributed by atoms with Crippen LogP contribution < -0.4 is 0 Å². The third kappa shape index (κ3) is 3.46. The molecule has 2 aromatic carbocycles. The number of hydrogen-bond donors (Lipinski definition) is 0. The van der Waals surface area contributed by atoms with Crippen LogP contribution in [0, 0.1) is 0 Å². The summed E-state index contributed by atoms with van der Waals surface area (Å²) in [5.41, 5.74) is 8.65. The van der Waals surface area contributed by atoms with Crippen molar-refractivity contribution in [2.75, 3.05) is 0 Å². The smallest absolute Gasteiger partial charge is 0 e. The molecular formula is C20H22Zr. The standard InChI is InChI=1S/C20H22.Zr/c1-3-6-16-13-18-7-5-8-19(20(18)14-16)17-11-9-15(4-2)10-12-17;/h5,7-12,14H,3-4,6,13H2,1-2H3;. The first-order valence-electron chi connectivity index (χ1n) is 7.72. The number of hydrogen-bond acceptors (Lipinski definition) is 0. The van der Waals surface area contributed by atoms with Gasteiger partial charge in [0.15, 0.2) is 0 Å². The maximum absolute atomic E-state index is 2.42. The van der Waals surface area contributed by atoms with Gasteiger partial charge in [-0.25, -0.2) is 0 Å². The number of benzene rings is 2. The first-order chi connectivity index (χ1) is 9.81. The van der Waals surface area contributed by atoms with E-state index in [0.717, 1.165) is 12.8 Å². The summed E-state index contributed by atoms with van der Waals surface area (Å²) < 4.78 is 0. The van der Waals surface area contributed by atoms with Gasteiger partial charge in [-0.05, 0) is 47.1 Å². The summed E-state index contributed by atoms with van der Waals surface area (Å²) in [4.78, 5) is 0. The normalized spacial score (nSPS) is 12.6. The van der Waals surface area contributed by atoms with Gasteiger partial charge in [0.25, 0.3) is 0 Å². The van der Waals surface area contributed by atoms with Crippen LogP contribution in [0.4, 0.5) is 0 Å². The van der Waals surface area contributed by atoms with E-state index in [-0.39, 0.29) is 26.2 Å². The quantitative estimate of drug-likeness (QED) is 0.666. The molecule has 0 heterocycles. The van der Waals surface area contributed by atoms with Crippen LogP contribution in [0.1, 0.15) is 43.4 Å². The van der Waals surface area contributed by atoms with Crippen molar-refractivity contribution in [3.63, 3.8) is 0 Å². The van der Waals surface area contributed by atoms with Crippen LogP contribution in [0.25, 0.3) is 17.2 Å². The van der Waals surface area contributed by atoms with E-state index >= 15 is 0 Å². The van der Waals surface area contributed by atoms with Crippen LogP contribution in [0.3, 0.4) is 0 Å². The Kier molecular flexibility index (Phi) is 5.76. The van der Waals surface area contributed by atoms with Crippen molar-refractivity contribution in [1.29, 1.82) is 0 Å². The molecule has 0 fully saturated rings. The van der Waals surface area contributed by atoms with Gasteiger partial charge in [-0.2, -0.15) is 0 Å². The maximum atomic E-state index is 2.42. The zero-order chi connectivity index (χ0) is 13.9. The molecule has 0 aromatic heterocycles. The third-order valence-corrected chi connectivity index (χ3v) is 4.21. The second-order valence-electron chi connectivity index (χ2n) is 5.66. The number of aryl methyl sites for hydroxylation is 1. The number of fused-ring (bicyclic) bond motifs is 1. The van der Waals surface area contributed by atoms with Crippen molar-refractivity contribution in [1.82, 2.24) is 0 Å². The topological polar surface area (TPSA) is 0 Å². The Hall–Kier alpha value is -0.937. The molecule has 0 atom stereocenters. The molecule has 0 saturated carbocycles. The summed E-state index contributed by atoms with van der Waals surface area (Å²) >= 11 is 0. The molecule has 1 aliphatic rings. The number of rotatable bonds is 4. The Morgan fingerprint density at radius 3 is 2.38 bits per heavy atom. The van der Waals surface area contributed by atoms with Crippen LogP contribution in [0.15, 0.2) is 48.0 Å². The van der Waals surface area contributed by atoms with Gasteiger partial charge in [0.2, 0.25) is 0 Å². The summed E-state index contributed by atoms with van der Waals surface area (Å²) in [7, 11) is 0. The minimum absolute atomic E-state index is 0. The Morgan fingerprint density at radius 1 is 0.952 bits per heavy atom. The van der Waals surface area contributed by atoms with Gasteiger partial charge in [0, 0.05) is 26.2 Å². The zero-order valence-electron chi connectivity index (χ0n) is 12.9. The maximum Gasteiger partial charge on any atom is 0 e. The van der Waals surface area contributed by atoms with Crippen molar-refractivity contribution in [2.24, 2.45) is 0 Å². The van der Waals surface area contributed by atoms with E-state index in [1.165, 1.54) is 40.7 Å². The van der Waals surface area contributed by atoms with E-state index in [1.54, 1.807) is 5.57 Å². The van der Waals surface area contributed by atoms with Crippen molar-refractivity contribution in [3.8, 4) is 11.1 Å². The first-order valence-corrected chi connectivity index (χ1v) is 7.72. The molecule has 0 amide bonds. The first kappa shape index (κ1) is 16.4. The van der Waals surface area contributed by atoms with Crippen molar-refractivity contribution in [2.45, 2.75) is 39.5 Å². The fourth-order valence-corrected chi connectivity index (χ4v) is 3.09. The van der Waals surface area contributed by atoms with Gasteiger partial charge >= 0.3 is 0 Å². The molecule has 0 aliphatic heterocycles. The molecular weight excluding hydrogens is 331 g/mol. The minimum Gasteiger partial charge on any atom is -0.0652 e. The summed E-state index contributed by atoms with van der Waals surface area (Å²) in [6, 6.07) is 15.8. The second kappa shape index (κ2) is 7.36. The van der Waals surface area contributed by atoms with Crippen LogP contribution in [0.2, 0.25) is 0 Å². The van der Waals surface area contributed by atoms with E-state index < -0.39 is 0 Å². The molecule has 0 unspecified atom stereocenters. The monoisotopic (exact) mass is 352 g/mol. The fraction of sp³-hybridized carbons (Fsp3) is 0.300. The molecule has 1 aliphatic carbocycles. The predicted molar refractivity (Wildman–Crippen MR) is 87.8 cm³/mol. The Morgan fingerprint density at radius 2 is 1.71 bits per heavy atom. The third-order valence-electron chi connectivity index (χ3n) is 4.21. The minimum atomic E-state index is 0. The van der Waals surface area contributed by atoms with Crippen LogP contribution in [-0.2, 0) is 39.0 Å². The van der Waals surface area contributed by atoms with Gasteiger partial charge in [-0.1, -0.05) is 74.4 Å². The van der Waals surface area contributed by atoms with Crippen LogP contribution in [0.5, 0.6) is 0 Å². The molecule has 0 spiro atoms. The van der Waals surface area contributed by atoms with Gasteiger partial charge in [-0.3, -0.25) is 0 Å². The Bertz CT molecular complexity index is 635. The molecule has 0 radical (unpaired) electrons. The van der Waals surface area contributed by atoms with E-state index in [0.29, 0.717) is 0 Å². The van der Waals surface area contributed by atoms with Crippen LogP contribution >= 0.6 is 0 Å². The average molecular weight is 354 g/mol. The molecule has 3 rings (SSSR count). The molecule has 0 nitrogen and oxygen atoms in total. The van der Waals surface area contributed by atoms with E-state index in [9.17, 15) is 0 Å². The summed E-state index contributed by atoms with van der Waals surface area (Å²) in [6.07, 6.45) is 7.13. The molecule has 0 saturated heterocycles. The fourth-order valence-electron chi connectivity index (χ4n) is 3.09.